The lowest BCUT2D eigenvalue weighted by Gasteiger charge is -1.94. The molecule has 0 aromatic rings. The quantitative estimate of drug-likeness (QED) is 0.413. The molecular weight excluding hydrogens is 130 g/mol. The van der Waals surface area contributed by atoms with Gasteiger partial charge >= 0.3 is 0 Å². The lowest BCUT2D eigenvalue weighted by molar-refractivity contribution is -0.120. The van der Waals surface area contributed by atoms with Crippen molar-refractivity contribution in [2.24, 2.45) is 10.7 Å². The molecule has 0 aromatic heterocycles. The summed E-state index contributed by atoms with van der Waals surface area (Å²) in [4.78, 5) is 14.4. The van der Waals surface area contributed by atoms with Crippen LogP contribution in [0, 0.1) is 0 Å². The van der Waals surface area contributed by atoms with Crippen molar-refractivity contribution in [3.05, 3.63) is 0 Å². The van der Waals surface area contributed by atoms with Crippen LogP contribution in [-0.2, 0) is 4.79 Å². The molecule has 0 radical (unpaired) electrons. The minimum absolute atomic E-state index is 0.00926. The topological polar surface area (TPSA) is 67.5 Å². The number of nitrogens with one attached hydrogen (secondary N) is 1. The van der Waals surface area contributed by atoms with Gasteiger partial charge in [0.15, 0.2) is 0 Å². The summed E-state index contributed by atoms with van der Waals surface area (Å²) in [6, 6.07) is 0. The standard InChI is InChI=1S/C6H13N3O/c1-5(7)9-4-3-6(10)8-2/h3-4H2,1-2H3,(H2,7,9)(H,8,10). The molecule has 0 rings (SSSR count). The average Bonchev–Trinajstić information content (AvgIpc) is 1.87. The van der Waals surface area contributed by atoms with Gasteiger partial charge in [-0.3, -0.25) is 9.79 Å². The Labute approximate surface area is 60.5 Å². The number of rotatable bonds is 3. The van der Waals surface area contributed by atoms with Crippen LogP contribution in [0.3, 0.4) is 0 Å². The Morgan fingerprint density at radius 2 is 2.30 bits per heavy atom. The number of amides is 1. The van der Waals surface area contributed by atoms with Gasteiger partial charge in [0, 0.05) is 20.0 Å². The number of hydrogen-bond donors (Lipinski definition) is 2. The summed E-state index contributed by atoms with van der Waals surface area (Å²) in [5.74, 6) is 0.508. The van der Waals surface area contributed by atoms with Gasteiger partial charge in [-0.1, -0.05) is 0 Å². The van der Waals surface area contributed by atoms with Crippen molar-refractivity contribution in [3.8, 4) is 0 Å². The SMILES string of the molecule is CNC(=O)CCN=C(C)N. The van der Waals surface area contributed by atoms with E-state index in [9.17, 15) is 4.79 Å². The molecule has 0 atom stereocenters. The molecule has 0 aromatic carbocycles. The minimum atomic E-state index is -0.00926. The fourth-order valence-corrected chi connectivity index (χ4v) is 0.459. The third-order valence-corrected chi connectivity index (χ3v) is 0.979. The van der Waals surface area contributed by atoms with Gasteiger partial charge in [-0.2, -0.15) is 0 Å². The van der Waals surface area contributed by atoms with E-state index in [1.807, 2.05) is 0 Å². The predicted molar refractivity (Wildman–Crippen MR) is 40.8 cm³/mol. The first-order valence-corrected chi connectivity index (χ1v) is 3.14. The molecule has 0 aliphatic carbocycles. The van der Waals surface area contributed by atoms with Crippen LogP contribution in [0.4, 0.5) is 0 Å². The highest BCUT2D eigenvalue weighted by atomic mass is 16.1. The second-order valence-electron chi connectivity index (χ2n) is 1.95. The van der Waals surface area contributed by atoms with E-state index in [1.165, 1.54) is 0 Å². The highest BCUT2D eigenvalue weighted by Gasteiger charge is 1.93. The summed E-state index contributed by atoms with van der Waals surface area (Å²) in [7, 11) is 1.60. The van der Waals surface area contributed by atoms with Gasteiger partial charge < -0.3 is 11.1 Å². The molecule has 4 heteroatoms. The van der Waals surface area contributed by atoms with Crippen molar-refractivity contribution < 1.29 is 4.79 Å². The molecule has 0 heterocycles. The Balaban J connectivity index is 3.37. The van der Waals surface area contributed by atoms with Crippen LogP contribution in [0.1, 0.15) is 13.3 Å². The van der Waals surface area contributed by atoms with Crippen LogP contribution in [0.5, 0.6) is 0 Å². The Kier molecular flexibility index (Phi) is 4.28. The normalized spacial score (nSPS) is 11.2. The molecule has 1 amide bonds. The second-order valence-corrected chi connectivity index (χ2v) is 1.95. The number of nitrogens with two attached hydrogens (primary N) is 1. The monoisotopic (exact) mass is 143 g/mol. The second kappa shape index (κ2) is 4.78. The molecule has 4 nitrogen and oxygen atoms in total. The van der Waals surface area contributed by atoms with E-state index in [1.54, 1.807) is 14.0 Å². The van der Waals surface area contributed by atoms with E-state index in [-0.39, 0.29) is 5.91 Å². The summed E-state index contributed by atoms with van der Waals surface area (Å²) in [5.41, 5.74) is 5.24. The average molecular weight is 143 g/mol. The van der Waals surface area contributed by atoms with Gasteiger partial charge in [-0.25, -0.2) is 0 Å². The lowest BCUT2D eigenvalue weighted by atomic mass is 10.4. The van der Waals surface area contributed by atoms with Gasteiger partial charge in [-0.05, 0) is 6.92 Å². The van der Waals surface area contributed by atoms with Crippen LogP contribution >= 0.6 is 0 Å². The zero-order chi connectivity index (χ0) is 7.98. The third-order valence-electron chi connectivity index (χ3n) is 0.979. The first-order valence-electron chi connectivity index (χ1n) is 3.14. The molecule has 0 spiro atoms. The first kappa shape index (κ1) is 8.94. The summed E-state index contributed by atoms with van der Waals surface area (Å²) in [6.45, 7) is 2.17. The van der Waals surface area contributed by atoms with E-state index >= 15 is 0 Å². The Hall–Kier alpha value is -1.06. The molecular formula is C6H13N3O. The number of carbonyl (C=O) groups excluding carboxylic acids is 1. The van der Waals surface area contributed by atoms with E-state index < -0.39 is 0 Å². The zero-order valence-electron chi connectivity index (χ0n) is 6.35. The smallest absolute Gasteiger partial charge is 0.221 e. The van der Waals surface area contributed by atoms with Crippen LogP contribution in [-0.4, -0.2) is 25.3 Å². The van der Waals surface area contributed by atoms with Gasteiger partial charge in [0.05, 0.1) is 5.84 Å². The van der Waals surface area contributed by atoms with Crippen molar-refractivity contribution in [2.45, 2.75) is 13.3 Å². The minimum Gasteiger partial charge on any atom is -0.388 e. The Morgan fingerprint density at radius 1 is 1.70 bits per heavy atom. The van der Waals surface area contributed by atoms with Crippen molar-refractivity contribution in [1.82, 2.24) is 5.32 Å². The fourth-order valence-electron chi connectivity index (χ4n) is 0.459. The molecule has 0 fully saturated rings. The van der Waals surface area contributed by atoms with Crippen molar-refractivity contribution >= 4 is 11.7 Å². The van der Waals surface area contributed by atoms with Crippen LogP contribution in [0.15, 0.2) is 4.99 Å². The predicted octanol–water partition coefficient (Wildman–Crippen LogP) is -0.500. The lowest BCUT2D eigenvalue weighted by Crippen LogP contribution is -2.18. The highest BCUT2D eigenvalue weighted by Crippen LogP contribution is 1.80. The molecule has 10 heavy (non-hydrogen) atoms. The molecule has 58 valence electrons. The molecule has 0 saturated heterocycles. The number of aliphatic imine (C=N–C) groups is 1. The maximum Gasteiger partial charge on any atom is 0.221 e. The van der Waals surface area contributed by atoms with Crippen LogP contribution in [0.2, 0.25) is 0 Å². The summed E-state index contributed by atoms with van der Waals surface area (Å²) in [5, 5.41) is 2.49. The van der Waals surface area contributed by atoms with Crippen molar-refractivity contribution in [1.29, 1.82) is 0 Å². The number of amidine groups is 1. The van der Waals surface area contributed by atoms with Crippen LogP contribution < -0.4 is 11.1 Å². The van der Waals surface area contributed by atoms with E-state index in [0.29, 0.717) is 18.8 Å². The maximum absolute atomic E-state index is 10.6. The molecule has 3 N–H and O–H groups in total. The van der Waals surface area contributed by atoms with E-state index in [2.05, 4.69) is 10.3 Å². The Bertz CT molecular complexity index is 138. The van der Waals surface area contributed by atoms with Gasteiger partial charge in [-0.15, -0.1) is 0 Å². The van der Waals surface area contributed by atoms with Gasteiger partial charge in [0.1, 0.15) is 0 Å². The van der Waals surface area contributed by atoms with Gasteiger partial charge in [0.25, 0.3) is 0 Å². The number of hydrogen-bond acceptors (Lipinski definition) is 2. The summed E-state index contributed by atoms with van der Waals surface area (Å²) >= 11 is 0. The molecule has 0 aliphatic rings. The van der Waals surface area contributed by atoms with Crippen molar-refractivity contribution in [3.63, 3.8) is 0 Å². The molecule has 0 unspecified atom stereocenters. The highest BCUT2D eigenvalue weighted by molar-refractivity contribution is 5.78. The van der Waals surface area contributed by atoms with E-state index in [0.717, 1.165) is 0 Å². The maximum atomic E-state index is 10.6. The third kappa shape index (κ3) is 5.08. The fraction of sp³-hybridized carbons (Fsp3) is 0.667. The largest absolute Gasteiger partial charge is 0.388 e. The van der Waals surface area contributed by atoms with Crippen molar-refractivity contribution in [2.75, 3.05) is 13.6 Å². The zero-order valence-corrected chi connectivity index (χ0v) is 6.35. The van der Waals surface area contributed by atoms with Gasteiger partial charge in [0.2, 0.25) is 5.91 Å². The molecule has 0 bridgehead atoms. The summed E-state index contributed by atoms with van der Waals surface area (Å²) < 4.78 is 0. The molecule has 0 aliphatic heterocycles. The van der Waals surface area contributed by atoms with Crippen LogP contribution in [0.25, 0.3) is 0 Å². The number of nitrogens with zero attached hydrogens (tertiary/aromatic N) is 1. The first-order chi connectivity index (χ1) is 4.66. The van der Waals surface area contributed by atoms with E-state index in [4.69, 9.17) is 5.73 Å². The number of carbonyl (C=O) groups is 1. The summed E-state index contributed by atoms with van der Waals surface area (Å²) in [6.07, 6.45) is 0.408. The Morgan fingerprint density at radius 3 is 2.70 bits per heavy atom. The molecule has 0 saturated carbocycles.